The first-order chi connectivity index (χ1) is 9.19. The number of ether oxygens (including phenoxy) is 1. The number of hydrogen-bond donors (Lipinski definition) is 3. The van der Waals surface area contributed by atoms with Gasteiger partial charge in [0.05, 0.1) is 19.8 Å². The molecule has 0 saturated heterocycles. The molecule has 1 aliphatic rings. The number of nitrogens with one attached hydrogen (secondary N) is 2. The van der Waals surface area contributed by atoms with Crippen LogP contribution < -0.4 is 15.4 Å². The van der Waals surface area contributed by atoms with Gasteiger partial charge in [-0.2, -0.15) is 0 Å². The minimum absolute atomic E-state index is 0.0838. The maximum Gasteiger partial charge on any atom is 0.234 e. The second-order valence-corrected chi connectivity index (χ2v) is 4.75. The molecule has 1 aromatic carbocycles. The van der Waals surface area contributed by atoms with Gasteiger partial charge in [-0.25, -0.2) is 0 Å². The van der Waals surface area contributed by atoms with Crippen molar-refractivity contribution in [1.82, 2.24) is 10.6 Å². The maximum atomic E-state index is 11.5. The van der Waals surface area contributed by atoms with E-state index in [-0.39, 0.29) is 12.5 Å². The van der Waals surface area contributed by atoms with Crippen LogP contribution >= 0.6 is 0 Å². The highest BCUT2D eigenvalue weighted by atomic mass is 16.5. The molecule has 0 aromatic heterocycles. The minimum atomic E-state index is -0.698. The average molecular weight is 264 g/mol. The number of carbonyl (C=O) groups is 1. The largest absolute Gasteiger partial charge is 0.497 e. The normalized spacial score (nSPS) is 15.9. The van der Waals surface area contributed by atoms with Gasteiger partial charge < -0.3 is 20.5 Å². The molecular formula is C14H20N2O3. The van der Waals surface area contributed by atoms with Crippen LogP contribution in [0.15, 0.2) is 24.3 Å². The summed E-state index contributed by atoms with van der Waals surface area (Å²) in [7, 11) is 1.60. The standard InChI is InChI=1S/C14H20N2O3/c1-19-12-6-2-10(3-7-12)13(17)8-16-14(18)9-15-11-4-5-11/h2-3,6-7,11,13,15,17H,4-5,8-9H2,1H3,(H,16,18). The molecule has 19 heavy (non-hydrogen) atoms. The lowest BCUT2D eigenvalue weighted by Crippen LogP contribution is -2.36. The fourth-order valence-electron chi connectivity index (χ4n) is 1.74. The van der Waals surface area contributed by atoms with E-state index in [0.717, 1.165) is 24.2 Å². The summed E-state index contributed by atoms with van der Waals surface area (Å²) in [6.45, 7) is 0.539. The molecule has 0 spiro atoms. The van der Waals surface area contributed by atoms with Crippen molar-refractivity contribution in [3.05, 3.63) is 29.8 Å². The topological polar surface area (TPSA) is 70.6 Å². The van der Waals surface area contributed by atoms with E-state index in [0.29, 0.717) is 12.6 Å². The fourth-order valence-corrected chi connectivity index (χ4v) is 1.74. The second-order valence-electron chi connectivity index (χ2n) is 4.75. The van der Waals surface area contributed by atoms with Gasteiger partial charge in [-0.05, 0) is 30.5 Å². The highest BCUT2D eigenvalue weighted by molar-refractivity contribution is 5.78. The third-order valence-electron chi connectivity index (χ3n) is 3.12. The highest BCUT2D eigenvalue weighted by Gasteiger charge is 2.21. The van der Waals surface area contributed by atoms with Crippen LogP contribution in [0.5, 0.6) is 5.75 Å². The molecule has 5 nitrogen and oxygen atoms in total. The summed E-state index contributed by atoms with van der Waals surface area (Å²) in [5.74, 6) is 0.660. The van der Waals surface area contributed by atoms with Crippen molar-refractivity contribution in [2.45, 2.75) is 25.0 Å². The van der Waals surface area contributed by atoms with Crippen LogP contribution in [0.4, 0.5) is 0 Å². The Balaban J connectivity index is 1.72. The first-order valence-corrected chi connectivity index (χ1v) is 6.51. The van der Waals surface area contributed by atoms with Gasteiger partial charge in [-0.15, -0.1) is 0 Å². The first kappa shape index (κ1) is 13.8. The van der Waals surface area contributed by atoms with Gasteiger partial charge in [0.15, 0.2) is 0 Å². The van der Waals surface area contributed by atoms with Gasteiger partial charge >= 0.3 is 0 Å². The number of amides is 1. The smallest absolute Gasteiger partial charge is 0.234 e. The Labute approximate surface area is 113 Å². The zero-order valence-electron chi connectivity index (χ0n) is 11.1. The molecule has 1 fully saturated rings. The van der Waals surface area contributed by atoms with Crippen LogP contribution in [-0.2, 0) is 4.79 Å². The summed E-state index contributed by atoms with van der Waals surface area (Å²) < 4.78 is 5.05. The lowest BCUT2D eigenvalue weighted by Gasteiger charge is -2.13. The van der Waals surface area contributed by atoms with Crippen molar-refractivity contribution < 1.29 is 14.6 Å². The molecule has 104 valence electrons. The summed E-state index contributed by atoms with van der Waals surface area (Å²) in [5, 5.41) is 15.8. The Kier molecular flexibility index (Phi) is 4.76. The Morgan fingerprint density at radius 2 is 2.11 bits per heavy atom. The maximum absolute atomic E-state index is 11.5. The van der Waals surface area contributed by atoms with E-state index in [4.69, 9.17) is 4.74 Å². The third kappa shape index (κ3) is 4.54. The number of carbonyl (C=O) groups excluding carboxylic acids is 1. The molecule has 0 radical (unpaired) electrons. The fraction of sp³-hybridized carbons (Fsp3) is 0.500. The predicted octanol–water partition coefficient (Wildman–Crippen LogP) is 0.597. The Bertz CT molecular complexity index is 415. The highest BCUT2D eigenvalue weighted by Crippen LogP contribution is 2.18. The average Bonchev–Trinajstić information content (AvgIpc) is 3.26. The number of hydrogen-bond acceptors (Lipinski definition) is 4. The second kappa shape index (κ2) is 6.54. The molecule has 0 heterocycles. The van der Waals surface area contributed by atoms with E-state index < -0.39 is 6.10 Å². The van der Waals surface area contributed by atoms with E-state index in [2.05, 4.69) is 10.6 Å². The third-order valence-corrected chi connectivity index (χ3v) is 3.12. The van der Waals surface area contributed by atoms with Crippen molar-refractivity contribution in [1.29, 1.82) is 0 Å². The van der Waals surface area contributed by atoms with E-state index >= 15 is 0 Å². The van der Waals surface area contributed by atoms with Crippen molar-refractivity contribution >= 4 is 5.91 Å². The van der Waals surface area contributed by atoms with E-state index in [1.54, 1.807) is 31.4 Å². The molecule has 1 aromatic rings. The van der Waals surface area contributed by atoms with Gasteiger partial charge in [-0.3, -0.25) is 4.79 Å². The first-order valence-electron chi connectivity index (χ1n) is 6.51. The molecule has 2 rings (SSSR count). The van der Waals surface area contributed by atoms with Crippen molar-refractivity contribution in [2.24, 2.45) is 0 Å². The summed E-state index contributed by atoms with van der Waals surface area (Å²) in [4.78, 5) is 11.5. The number of rotatable bonds is 7. The zero-order chi connectivity index (χ0) is 13.7. The van der Waals surface area contributed by atoms with E-state index in [1.807, 2.05) is 0 Å². The summed E-state index contributed by atoms with van der Waals surface area (Å²) in [6, 6.07) is 7.66. The molecule has 1 atom stereocenters. The SMILES string of the molecule is COc1ccc(C(O)CNC(=O)CNC2CC2)cc1. The van der Waals surface area contributed by atoms with Crippen LogP contribution in [-0.4, -0.2) is 37.3 Å². The summed E-state index contributed by atoms with van der Waals surface area (Å²) in [6.07, 6.45) is 1.61. The van der Waals surface area contributed by atoms with Gasteiger partial charge in [-0.1, -0.05) is 12.1 Å². The van der Waals surface area contributed by atoms with E-state index in [9.17, 15) is 9.90 Å². The van der Waals surface area contributed by atoms with Crippen molar-refractivity contribution in [3.63, 3.8) is 0 Å². The predicted molar refractivity (Wildman–Crippen MR) is 72.0 cm³/mol. The van der Waals surface area contributed by atoms with Crippen LogP contribution in [0.3, 0.4) is 0 Å². The van der Waals surface area contributed by atoms with Gasteiger partial charge in [0.1, 0.15) is 5.75 Å². The van der Waals surface area contributed by atoms with Crippen LogP contribution in [0, 0.1) is 0 Å². The Morgan fingerprint density at radius 1 is 1.42 bits per heavy atom. The molecule has 1 amide bonds. The molecule has 1 saturated carbocycles. The number of benzene rings is 1. The molecule has 3 N–H and O–H groups in total. The van der Waals surface area contributed by atoms with E-state index in [1.165, 1.54) is 0 Å². The quantitative estimate of drug-likeness (QED) is 0.674. The lowest BCUT2D eigenvalue weighted by molar-refractivity contribution is -0.120. The number of aliphatic hydroxyl groups excluding tert-OH is 1. The Morgan fingerprint density at radius 3 is 2.68 bits per heavy atom. The molecule has 1 aliphatic carbocycles. The van der Waals surface area contributed by atoms with Crippen molar-refractivity contribution in [2.75, 3.05) is 20.2 Å². The van der Waals surface area contributed by atoms with Crippen LogP contribution in [0.25, 0.3) is 0 Å². The van der Waals surface area contributed by atoms with Gasteiger partial charge in [0.25, 0.3) is 0 Å². The van der Waals surface area contributed by atoms with Crippen LogP contribution in [0.2, 0.25) is 0 Å². The monoisotopic (exact) mass is 264 g/mol. The molecular weight excluding hydrogens is 244 g/mol. The summed E-state index contributed by atoms with van der Waals surface area (Å²) >= 11 is 0. The Hall–Kier alpha value is -1.59. The summed E-state index contributed by atoms with van der Waals surface area (Å²) in [5.41, 5.74) is 0.760. The van der Waals surface area contributed by atoms with Gasteiger partial charge in [0.2, 0.25) is 5.91 Å². The molecule has 1 unspecified atom stereocenters. The molecule has 0 bridgehead atoms. The lowest BCUT2D eigenvalue weighted by atomic mass is 10.1. The number of methoxy groups -OCH3 is 1. The van der Waals surface area contributed by atoms with Gasteiger partial charge in [0, 0.05) is 12.6 Å². The van der Waals surface area contributed by atoms with Crippen molar-refractivity contribution in [3.8, 4) is 5.75 Å². The van der Waals surface area contributed by atoms with Crippen LogP contribution in [0.1, 0.15) is 24.5 Å². The minimum Gasteiger partial charge on any atom is -0.497 e. The number of aliphatic hydroxyl groups is 1. The zero-order valence-corrected chi connectivity index (χ0v) is 11.1. The molecule has 0 aliphatic heterocycles. The molecule has 5 heteroatoms.